The fourth-order valence-corrected chi connectivity index (χ4v) is 2.45. The first-order chi connectivity index (χ1) is 9.88. The molecule has 2 aromatic rings. The number of carboxylic acid groups (broad SMARTS) is 1. The molecule has 0 aliphatic carbocycles. The minimum absolute atomic E-state index is 0.0460. The smallest absolute Gasteiger partial charge is 0.355 e. The molecule has 0 aliphatic heterocycles. The number of pyridine rings is 1. The molecule has 110 valence electrons. The van der Waals surface area contributed by atoms with Crippen molar-refractivity contribution in [3.05, 3.63) is 44.0 Å². The maximum Gasteiger partial charge on any atom is 0.355 e. The quantitative estimate of drug-likeness (QED) is 0.643. The van der Waals surface area contributed by atoms with Crippen LogP contribution in [0, 0.1) is 17.0 Å². The number of hydrogen-bond donors (Lipinski definition) is 2. The van der Waals surface area contributed by atoms with Crippen molar-refractivity contribution in [2.24, 2.45) is 0 Å². The molecule has 0 radical (unpaired) electrons. The van der Waals surface area contributed by atoms with Gasteiger partial charge >= 0.3 is 11.7 Å². The number of thiazole rings is 1. The SMILES string of the molecule is Cc1ccc([N+](=O)[O-])c(NC(C)c2nc(C(=O)O)cs2)n1. The van der Waals surface area contributed by atoms with E-state index in [2.05, 4.69) is 15.3 Å². The van der Waals surface area contributed by atoms with Crippen LogP contribution in [-0.4, -0.2) is 26.0 Å². The Morgan fingerprint density at radius 3 is 2.76 bits per heavy atom. The Hall–Kier alpha value is -2.55. The molecule has 8 nitrogen and oxygen atoms in total. The van der Waals surface area contributed by atoms with E-state index < -0.39 is 16.9 Å². The largest absolute Gasteiger partial charge is 0.476 e. The number of aromatic nitrogens is 2. The first-order valence-electron chi connectivity index (χ1n) is 5.95. The molecule has 0 fully saturated rings. The van der Waals surface area contributed by atoms with Crippen molar-refractivity contribution in [2.45, 2.75) is 19.9 Å². The van der Waals surface area contributed by atoms with Gasteiger partial charge in [0, 0.05) is 17.1 Å². The van der Waals surface area contributed by atoms with E-state index in [0.29, 0.717) is 10.7 Å². The first kappa shape index (κ1) is 14.9. The Morgan fingerprint density at radius 1 is 1.48 bits per heavy atom. The van der Waals surface area contributed by atoms with Gasteiger partial charge < -0.3 is 10.4 Å². The Bertz CT molecular complexity index is 700. The molecule has 9 heteroatoms. The summed E-state index contributed by atoms with van der Waals surface area (Å²) < 4.78 is 0. The van der Waals surface area contributed by atoms with Gasteiger partial charge in [0.05, 0.1) is 11.0 Å². The molecule has 0 spiro atoms. The van der Waals surface area contributed by atoms with Gasteiger partial charge in [0.1, 0.15) is 5.01 Å². The van der Waals surface area contributed by atoms with E-state index in [1.165, 1.54) is 22.8 Å². The predicted octanol–water partition coefficient (Wildman–Crippen LogP) is 2.63. The number of nitro groups is 1. The van der Waals surface area contributed by atoms with E-state index in [1.807, 2.05) is 0 Å². The van der Waals surface area contributed by atoms with Crippen LogP contribution in [0.1, 0.15) is 34.2 Å². The molecule has 1 atom stereocenters. The molecule has 2 aromatic heterocycles. The van der Waals surface area contributed by atoms with Crippen LogP contribution in [0.2, 0.25) is 0 Å². The van der Waals surface area contributed by atoms with E-state index in [9.17, 15) is 14.9 Å². The van der Waals surface area contributed by atoms with E-state index in [1.54, 1.807) is 19.9 Å². The van der Waals surface area contributed by atoms with E-state index in [0.717, 1.165) is 0 Å². The zero-order chi connectivity index (χ0) is 15.6. The van der Waals surface area contributed by atoms with Crippen LogP contribution in [0.4, 0.5) is 11.5 Å². The van der Waals surface area contributed by atoms with Gasteiger partial charge in [-0.15, -0.1) is 11.3 Å². The Balaban J connectivity index is 2.26. The lowest BCUT2D eigenvalue weighted by Gasteiger charge is -2.12. The molecular formula is C12H12N4O4S. The molecule has 0 bridgehead atoms. The van der Waals surface area contributed by atoms with Crippen molar-refractivity contribution < 1.29 is 14.8 Å². The molecular weight excluding hydrogens is 296 g/mol. The first-order valence-corrected chi connectivity index (χ1v) is 6.83. The van der Waals surface area contributed by atoms with Crippen molar-refractivity contribution >= 4 is 28.8 Å². The minimum atomic E-state index is -1.11. The summed E-state index contributed by atoms with van der Waals surface area (Å²) >= 11 is 1.17. The van der Waals surface area contributed by atoms with Gasteiger partial charge in [0.25, 0.3) is 0 Å². The maximum atomic E-state index is 11.0. The molecule has 0 saturated carbocycles. The number of nitrogens with one attached hydrogen (secondary N) is 1. The summed E-state index contributed by atoms with van der Waals surface area (Å²) in [5, 5.41) is 24.7. The molecule has 21 heavy (non-hydrogen) atoms. The third-order valence-electron chi connectivity index (χ3n) is 2.67. The average molecular weight is 308 g/mol. The van der Waals surface area contributed by atoms with Gasteiger partial charge in [0.2, 0.25) is 5.82 Å². The summed E-state index contributed by atoms with van der Waals surface area (Å²) in [6.07, 6.45) is 0. The summed E-state index contributed by atoms with van der Waals surface area (Å²) in [5.74, 6) is -0.969. The second kappa shape index (κ2) is 5.83. The van der Waals surface area contributed by atoms with E-state index in [-0.39, 0.29) is 17.2 Å². The third-order valence-corrected chi connectivity index (χ3v) is 3.70. The number of nitrogens with zero attached hydrogens (tertiary/aromatic N) is 3. The van der Waals surface area contributed by atoms with Gasteiger partial charge in [-0.2, -0.15) is 0 Å². The van der Waals surface area contributed by atoms with Crippen molar-refractivity contribution in [1.29, 1.82) is 0 Å². The van der Waals surface area contributed by atoms with Gasteiger partial charge in [-0.1, -0.05) is 0 Å². The minimum Gasteiger partial charge on any atom is -0.476 e. The van der Waals surface area contributed by atoms with Crippen molar-refractivity contribution in [1.82, 2.24) is 9.97 Å². The number of carbonyl (C=O) groups is 1. The number of hydrogen-bond acceptors (Lipinski definition) is 7. The predicted molar refractivity (Wildman–Crippen MR) is 76.7 cm³/mol. The van der Waals surface area contributed by atoms with Crippen LogP contribution in [0.3, 0.4) is 0 Å². The van der Waals surface area contributed by atoms with E-state index >= 15 is 0 Å². The number of aryl methyl sites for hydroxylation is 1. The fourth-order valence-electron chi connectivity index (χ4n) is 1.65. The Kier molecular flexibility index (Phi) is 4.13. The lowest BCUT2D eigenvalue weighted by molar-refractivity contribution is -0.384. The van der Waals surface area contributed by atoms with Gasteiger partial charge in [-0.25, -0.2) is 14.8 Å². The number of anilines is 1. The van der Waals surface area contributed by atoms with Crippen molar-refractivity contribution in [3.8, 4) is 0 Å². The lowest BCUT2D eigenvalue weighted by atomic mass is 10.3. The summed E-state index contributed by atoms with van der Waals surface area (Å²) in [5.41, 5.74) is 0.457. The van der Waals surface area contributed by atoms with Gasteiger partial charge in [0.15, 0.2) is 5.69 Å². The van der Waals surface area contributed by atoms with Gasteiger partial charge in [-0.05, 0) is 19.9 Å². The highest BCUT2D eigenvalue weighted by atomic mass is 32.1. The lowest BCUT2D eigenvalue weighted by Crippen LogP contribution is -2.10. The molecule has 2 heterocycles. The molecule has 0 saturated heterocycles. The standard InChI is InChI=1S/C12H12N4O4S/c1-6-3-4-9(16(19)20)10(13-6)14-7(2)11-15-8(5-21-11)12(17)18/h3-5,7H,1-2H3,(H,13,14)(H,17,18). The second-order valence-electron chi connectivity index (χ2n) is 4.32. The van der Waals surface area contributed by atoms with Crippen LogP contribution in [0.15, 0.2) is 17.5 Å². The molecule has 2 N–H and O–H groups in total. The van der Waals surface area contributed by atoms with Crippen LogP contribution >= 0.6 is 11.3 Å². The fraction of sp³-hybridized carbons (Fsp3) is 0.250. The second-order valence-corrected chi connectivity index (χ2v) is 5.21. The molecule has 0 amide bonds. The van der Waals surface area contributed by atoms with Gasteiger partial charge in [-0.3, -0.25) is 10.1 Å². The molecule has 0 aromatic carbocycles. The van der Waals surface area contributed by atoms with Crippen LogP contribution < -0.4 is 5.32 Å². The third kappa shape index (κ3) is 3.31. The molecule has 0 aliphatic rings. The van der Waals surface area contributed by atoms with Crippen LogP contribution in [-0.2, 0) is 0 Å². The van der Waals surface area contributed by atoms with Crippen molar-refractivity contribution in [2.75, 3.05) is 5.32 Å². The topological polar surface area (TPSA) is 118 Å². The van der Waals surface area contributed by atoms with Crippen molar-refractivity contribution in [3.63, 3.8) is 0 Å². The highest BCUT2D eigenvalue weighted by molar-refractivity contribution is 7.09. The summed E-state index contributed by atoms with van der Waals surface area (Å²) in [7, 11) is 0. The number of aromatic carboxylic acids is 1. The Labute approximate surface area is 123 Å². The van der Waals surface area contributed by atoms with Crippen LogP contribution in [0.25, 0.3) is 0 Å². The summed E-state index contributed by atoms with van der Waals surface area (Å²) in [6, 6.07) is 2.54. The number of carboxylic acids is 1. The zero-order valence-electron chi connectivity index (χ0n) is 11.2. The monoisotopic (exact) mass is 308 g/mol. The normalized spacial score (nSPS) is 11.9. The highest BCUT2D eigenvalue weighted by Crippen LogP contribution is 2.27. The summed E-state index contributed by atoms with van der Waals surface area (Å²) in [6.45, 7) is 3.46. The highest BCUT2D eigenvalue weighted by Gasteiger charge is 2.20. The zero-order valence-corrected chi connectivity index (χ0v) is 12.0. The Morgan fingerprint density at radius 2 is 2.19 bits per heavy atom. The summed E-state index contributed by atoms with van der Waals surface area (Å²) in [4.78, 5) is 29.3. The molecule has 1 unspecified atom stereocenters. The molecule has 2 rings (SSSR count). The van der Waals surface area contributed by atoms with E-state index in [4.69, 9.17) is 5.11 Å². The van der Waals surface area contributed by atoms with Crippen LogP contribution in [0.5, 0.6) is 0 Å². The maximum absolute atomic E-state index is 11.0. The average Bonchev–Trinajstić information content (AvgIpc) is 2.88. The number of rotatable bonds is 5.